The number of carbonyl (C=O) groups excluding carboxylic acids is 2. The first kappa shape index (κ1) is 28.3. The zero-order chi connectivity index (χ0) is 27.5. The summed E-state index contributed by atoms with van der Waals surface area (Å²) in [6.07, 6.45) is -0.502. The van der Waals surface area contributed by atoms with E-state index in [4.69, 9.17) is 32.7 Å². The highest BCUT2D eigenvalue weighted by atomic mass is 35.5. The number of ketones is 1. The normalized spacial score (nSPS) is 13.1. The Labute approximate surface area is 221 Å². The van der Waals surface area contributed by atoms with Crippen LogP contribution in [0, 0.1) is 17.6 Å². The number of esters is 1. The van der Waals surface area contributed by atoms with Crippen molar-refractivity contribution in [3.05, 3.63) is 87.2 Å². The molecule has 2 aromatic carbocycles. The van der Waals surface area contributed by atoms with Crippen LogP contribution in [0.4, 0.5) is 8.78 Å². The number of aromatic nitrogens is 1. The highest BCUT2D eigenvalue weighted by Gasteiger charge is 2.42. The van der Waals surface area contributed by atoms with Gasteiger partial charge in [0.15, 0.2) is 28.6 Å². The van der Waals surface area contributed by atoms with Crippen LogP contribution in [0.3, 0.4) is 0 Å². The van der Waals surface area contributed by atoms with E-state index in [-0.39, 0.29) is 39.0 Å². The molecule has 0 amide bonds. The molecule has 0 aliphatic heterocycles. The van der Waals surface area contributed by atoms with Crippen molar-refractivity contribution < 1.29 is 38.1 Å². The van der Waals surface area contributed by atoms with Gasteiger partial charge in [0.05, 0.1) is 23.1 Å². The summed E-state index contributed by atoms with van der Waals surface area (Å²) in [5, 5.41) is 21.5. The molecule has 0 fully saturated rings. The molecule has 3 rings (SSSR count). The van der Waals surface area contributed by atoms with E-state index >= 15 is 0 Å². The first-order chi connectivity index (χ1) is 17.4. The van der Waals surface area contributed by atoms with Gasteiger partial charge in [0.2, 0.25) is 0 Å². The zero-order valence-electron chi connectivity index (χ0n) is 20.0. The summed E-state index contributed by atoms with van der Waals surface area (Å²) < 4.78 is 39.0. The number of hydrogen-bond acceptors (Lipinski definition) is 7. The van der Waals surface area contributed by atoms with Gasteiger partial charge in [-0.2, -0.15) is 0 Å². The second-order valence-corrected chi connectivity index (χ2v) is 9.16. The minimum absolute atomic E-state index is 0.0395. The molecule has 3 aromatic rings. The highest BCUT2D eigenvalue weighted by molar-refractivity contribution is 6.31. The summed E-state index contributed by atoms with van der Waals surface area (Å²) in [5.41, 5.74) is -2.63. The number of halogens is 4. The number of pyridine rings is 1. The third kappa shape index (κ3) is 5.84. The van der Waals surface area contributed by atoms with Crippen LogP contribution < -0.4 is 4.74 Å². The molecule has 0 bridgehead atoms. The Morgan fingerprint density at radius 3 is 2.05 bits per heavy atom. The van der Waals surface area contributed by atoms with Gasteiger partial charge in [-0.1, -0.05) is 42.3 Å². The number of aliphatic hydroxyl groups is 1. The van der Waals surface area contributed by atoms with E-state index in [2.05, 4.69) is 4.98 Å². The van der Waals surface area contributed by atoms with E-state index in [1.54, 1.807) is 0 Å². The summed E-state index contributed by atoms with van der Waals surface area (Å²) in [5.74, 6) is -4.69. The molecule has 0 aliphatic carbocycles. The molecule has 2 N–H and O–H groups in total. The molecule has 1 aromatic heterocycles. The predicted octanol–water partition coefficient (Wildman–Crippen LogP) is 5.46. The Hall–Kier alpha value is -3.27. The van der Waals surface area contributed by atoms with Gasteiger partial charge in [-0.25, -0.2) is 13.8 Å². The van der Waals surface area contributed by atoms with Crippen molar-refractivity contribution >= 4 is 35.0 Å². The molecule has 0 saturated heterocycles. The SMILES string of the molecule is COc1ccnc(C(=O)C[C@@H](C)C(=O)O[C@@H](C)C(O)(c2ccc(Cl)c(F)c2)c2ccc(Cl)c(F)c2)c1O. The number of nitrogens with zero attached hydrogens (tertiary/aromatic N) is 1. The molecule has 0 spiro atoms. The number of Topliss-reactive ketones (excluding diaryl/α,β-unsaturated/α-hetero) is 1. The lowest BCUT2D eigenvalue weighted by Crippen LogP contribution is -2.42. The average molecular weight is 554 g/mol. The van der Waals surface area contributed by atoms with Crippen molar-refractivity contribution in [3.63, 3.8) is 0 Å². The van der Waals surface area contributed by atoms with E-state index in [0.29, 0.717) is 0 Å². The molecule has 0 aliphatic rings. The molecule has 0 radical (unpaired) electrons. The quantitative estimate of drug-likeness (QED) is 0.268. The van der Waals surface area contributed by atoms with Gasteiger partial charge in [-0.15, -0.1) is 0 Å². The Balaban J connectivity index is 1.88. The summed E-state index contributed by atoms with van der Waals surface area (Å²) >= 11 is 11.6. The Bertz CT molecular complexity index is 1280. The van der Waals surface area contributed by atoms with Gasteiger partial charge in [0, 0.05) is 18.7 Å². The molecule has 1 heterocycles. The highest BCUT2D eigenvalue weighted by Crippen LogP contribution is 2.38. The van der Waals surface area contributed by atoms with Crippen LogP contribution in [0.15, 0.2) is 48.7 Å². The fourth-order valence-electron chi connectivity index (χ4n) is 3.74. The monoisotopic (exact) mass is 553 g/mol. The third-order valence-corrected chi connectivity index (χ3v) is 6.48. The van der Waals surface area contributed by atoms with Crippen LogP contribution in [0.25, 0.3) is 0 Å². The van der Waals surface area contributed by atoms with E-state index in [9.17, 15) is 28.6 Å². The van der Waals surface area contributed by atoms with Crippen molar-refractivity contribution in [1.29, 1.82) is 0 Å². The number of rotatable bonds is 9. The molecule has 0 unspecified atom stereocenters. The van der Waals surface area contributed by atoms with Gasteiger partial charge < -0.3 is 19.7 Å². The fraction of sp³-hybridized carbons (Fsp3) is 0.269. The summed E-state index contributed by atoms with van der Waals surface area (Å²) in [6.45, 7) is 2.74. The molecule has 11 heteroatoms. The lowest BCUT2D eigenvalue weighted by atomic mass is 9.82. The van der Waals surface area contributed by atoms with Gasteiger partial charge in [-0.05, 0) is 42.3 Å². The number of aromatic hydroxyl groups is 1. The van der Waals surface area contributed by atoms with Crippen LogP contribution in [-0.2, 0) is 15.1 Å². The maximum absolute atomic E-state index is 14.3. The average Bonchev–Trinajstić information content (AvgIpc) is 2.86. The smallest absolute Gasteiger partial charge is 0.309 e. The van der Waals surface area contributed by atoms with E-state index in [0.717, 1.165) is 12.1 Å². The molecule has 7 nitrogen and oxygen atoms in total. The third-order valence-electron chi connectivity index (χ3n) is 5.87. The van der Waals surface area contributed by atoms with Crippen LogP contribution >= 0.6 is 23.2 Å². The Morgan fingerprint density at radius 2 is 1.57 bits per heavy atom. The number of benzene rings is 2. The van der Waals surface area contributed by atoms with Crippen LogP contribution in [0.1, 0.15) is 41.9 Å². The summed E-state index contributed by atoms with van der Waals surface area (Å²) in [4.78, 5) is 29.4. The maximum atomic E-state index is 14.3. The molecule has 196 valence electrons. The van der Waals surface area contributed by atoms with Crippen LogP contribution in [0.5, 0.6) is 11.5 Å². The minimum atomic E-state index is -2.22. The van der Waals surface area contributed by atoms with Crippen LogP contribution in [-0.4, -0.2) is 40.2 Å². The standard InChI is InChI=1S/C26H23Cl2F2NO6/c1-13(10-21(32)23-24(33)22(36-3)8-9-31-23)25(34)37-14(2)26(35,15-4-6-17(27)19(29)11-15)16-5-7-18(28)20(30)12-16/h4-9,11-14,33,35H,10H2,1-3H3/t13-,14+/m1/s1. The molecule has 0 saturated carbocycles. The van der Waals surface area contributed by atoms with E-state index < -0.39 is 46.8 Å². The van der Waals surface area contributed by atoms with Crippen molar-refractivity contribution in [2.24, 2.45) is 5.92 Å². The molecule has 37 heavy (non-hydrogen) atoms. The van der Waals surface area contributed by atoms with Crippen molar-refractivity contribution in [1.82, 2.24) is 4.98 Å². The minimum Gasteiger partial charge on any atom is -0.503 e. The van der Waals surface area contributed by atoms with E-state index in [1.165, 1.54) is 57.5 Å². The largest absolute Gasteiger partial charge is 0.503 e. The number of ether oxygens (including phenoxy) is 2. The van der Waals surface area contributed by atoms with Gasteiger partial charge in [0.25, 0.3) is 0 Å². The fourth-order valence-corrected chi connectivity index (χ4v) is 3.98. The van der Waals surface area contributed by atoms with Crippen LogP contribution in [0.2, 0.25) is 10.0 Å². The van der Waals surface area contributed by atoms with Crippen molar-refractivity contribution in [2.45, 2.75) is 32.0 Å². The summed E-state index contributed by atoms with van der Waals surface area (Å²) in [7, 11) is 1.31. The van der Waals surface area contributed by atoms with Gasteiger partial charge >= 0.3 is 5.97 Å². The van der Waals surface area contributed by atoms with Crippen molar-refractivity contribution in [3.8, 4) is 11.5 Å². The lowest BCUT2D eigenvalue weighted by Gasteiger charge is -2.35. The summed E-state index contributed by atoms with van der Waals surface area (Å²) in [6, 6.07) is 8.29. The number of carbonyl (C=O) groups is 2. The van der Waals surface area contributed by atoms with Crippen molar-refractivity contribution in [2.75, 3.05) is 7.11 Å². The van der Waals surface area contributed by atoms with Gasteiger partial charge in [0.1, 0.15) is 17.7 Å². The number of hydrogen-bond donors (Lipinski definition) is 2. The first-order valence-corrected chi connectivity index (χ1v) is 11.7. The predicted molar refractivity (Wildman–Crippen MR) is 132 cm³/mol. The lowest BCUT2D eigenvalue weighted by molar-refractivity contribution is -0.164. The molecule has 2 atom stereocenters. The second-order valence-electron chi connectivity index (χ2n) is 8.34. The van der Waals surface area contributed by atoms with E-state index in [1.807, 2.05) is 0 Å². The Kier molecular flexibility index (Phi) is 8.73. The van der Waals surface area contributed by atoms with Gasteiger partial charge in [-0.3, -0.25) is 9.59 Å². The first-order valence-electron chi connectivity index (χ1n) is 11.0. The molecular formula is C26H23Cl2F2NO6. The number of methoxy groups -OCH3 is 1. The molecular weight excluding hydrogens is 531 g/mol. The zero-order valence-corrected chi connectivity index (χ0v) is 21.5. The second kappa shape index (κ2) is 11.4. The topological polar surface area (TPSA) is 106 Å². The Morgan fingerprint density at radius 1 is 1.03 bits per heavy atom. The maximum Gasteiger partial charge on any atom is 0.309 e.